The number of anilines is 1. The molecule has 0 aromatic heterocycles. The third-order valence-corrected chi connectivity index (χ3v) is 7.52. The molecule has 0 aliphatic carbocycles. The number of carbonyl (C=O) groups is 1. The van der Waals surface area contributed by atoms with Crippen molar-refractivity contribution in [3.8, 4) is 0 Å². The van der Waals surface area contributed by atoms with Crippen molar-refractivity contribution in [2.24, 2.45) is 5.92 Å². The number of halogens is 2. The Morgan fingerprint density at radius 2 is 1.73 bits per heavy atom. The maximum Gasteiger partial charge on any atom is 0.256 e. The summed E-state index contributed by atoms with van der Waals surface area (Å²) in [6.45, 7) is 5.45. The van der Waals surface area contributed by atoms with Gasteiger partial charge in [-0.25, -0.2) is 13.1 Å². The average Bonchev–Trinajstić information content (AvgIpc) is 2.71. The number of piperidine rings is 1. The second-order valence-electron chi connectivity index (χ2n) is 7.53. The molecule has 0 bridgehead atoms. The van der Waals surface area contributed by atoms with Crippen molar-refractivity contribution in [3.63, 3.8) is 0 Å². The van der Waals surface area contributed by atoms with Crippen molar-refractivity contribution >= 4 is 44.8 Å². The first-order valence-electron chi connectivity index (χ1n) is 9.78. The lowest BCUT2D eigenvalue weighted by atomic mass is 9.92. The van der Waals surface area contributed by atoms with Gasteiger partial charge in [0.2, 0.25) is 10.0 Å². The normalized spacial score (nSPS) is 16.3. The molecule has 1 unspecified atom stereocenters. The van der Waals surface area contributed by atoms with Gasteiger partial charge in [-0.3, -0.25) is 4.79 Å². The first-order valence-corrected chi connectivity index (χ1v) is 12.0. The lowest BCUT2D eigenvalue weighted by Gasteiger charge is -2.28. The zero-order valence-corrected chi connectivity index (χ0v) is 19.2. The maximum absolute atomic E-state index is 12.9. The van der Waals surface area contributed by atoms with Gasteiger partial charge in [0.1, 0.15) is 0 Å². The van der Waals surface area contributed by atoms with Crippen molar-refractivity contribution in [2.45, 2.75) is 37.6 Å². The van der Waals surface area contributed by atoms with Crippen LogP contribution >= 0.6 is 23.2 Å². The summed E-state index contributed by atoms with van der Waals surface area (Å²) < 4.78 is 28.4. The van der Waals surface area contributed by atoms with Crippen LogP contribution in [0.3, 0.4) is 0 Å². The summed E-state index contributed by atoms with van der Waals surface area (Å²) in [6.07, 6.45) is 1.82. The van der Waals surface area contributed by atoms with Crippen LogP contribution in [0, 0.1) is 12.8 Å². The van der Waals surface area contributed by atoms with Gasteiger partial charge < -0.3 is 10.6 Å². The Kier molecular flexibility index (Phi) is 7.42. The van der Waals surface area contributed by atoms with Gasteiger partial charge in [0.25, 0.3) is 5.91 Å². The van der Waals surface area contributed by atoms with Crippen molar-refractivity contribution < 1.29 is 13.2 Å². The second-order valence-corrected chi connectivity index (χ2v) is 10.1. The third kappa shape index (κ3) is 5.34. The molecule has 30 heavy (non-hydrogen) atoms. The van der Waals surface area contributed by atoms with Gasteiger partial charge >= 0.3 is 0 Å². The minimum absolute atomic E-state index is 0.0350. The van der Waals surface area contributed by atoms with E-state index in [1.165, 1.54) is 12.1 Å². The van der Waals surface area contributed by atoms with Gasteiger partial charge in [0.05, 0.1) is 20.6 Å². The van der Waals surface area contributed by atoms with Gasteiger partial charge in [-0.2, -0.15) is 0 Å². The topological polar surface area (TPSA) is 87.3 Å². The fourth-order valence-corrected chi connectivity index (χ4v) is 5.66. The van der Waals surface area contributed by atoms with E-state index >= 15 is 0 Å². The summed E-state index contributed by atoms with van der Waals surface area (Å²) in [7, 11) is -3.81. The maximum atomic E-state index is 12.9. The number of hydrogen-bond acceptors (Lipinski definition) is 4. The van der Waals surface area contributed by atoms with Crippen LogP contribution < -0.4 is 15.4 Å². The van der Waals surface area contributed by atoms with Gasteiger partial charge in [-0.1, -0.05) is 41.4 Å². The van der Waals surface area contributed by atoms with Gasteiger partial charge in [-0.05, 0) is 69.5 Å². The van der Waals surface area contributed by atoms with Crippen LogP contribution in [0.15, 0.2) is 41.3 Å². The minimum Gasteiger partial charge on any atom is -0.319 e. The highest BCUT2D eigenvalue weighted by Crippen LogP contribution is 2.34. The molecular formula is C21H25Cl2N3O3S. The quantitative estimate of drug-likeness (QED) is 0.590. The molecule has 1 saturated heterocycles. The molecule has 1 atom stereocenters. The standard InChI is InChI=1S/C21H25Cl2N3O3S/c1-13-5-3-4-6-17(13)21(27)25-20-18(22)11-16(12-19(20)23)30(28,29)26-14(2)15-7-9-24-10-8-15/h3-6,11-12,14-15,24,26H,7-10H2,1-2H3,(H,25,27). The van der Waals surface area contributed by atoms with E-state index in [1.807, 2.05) is 26.0 Å². The minimum atomic E-state index is -3.81. The van der Waals surface area contributed by atoms with E-state index in [9.17, 15) is 13.2 Å². The Morgan fingerprint density at radius 1 is 1.13 bits per heavy atom. The van der Waals surface area contributed by atoms with Gasteiger partial charge in [0, 0.05) is 11.6 Å². The molecule has 1 fully saturated rings. The van der Waals surface area contributed by atoms with E-state index < -0.39 is 10.0 Å². The van der Waals surface area contributed by atoms with Crippen LogP contribution in [-0.2, 0) is 10.0 Å². The molecule has 1 amide bonds. The Hall–Kier alpha value is -1.64. The predicted octanol–water partition coefficient (Wildman–Crippen LogP) is 4.22. The summed E-state index contributed by atoms with van der Waals surface area (Å²) in [5.74, 6) is -0.107. The predicted molar refractivity (Wildman–Crippen MR) is 121 cm³/mol. The van der Waals surface area contributed by atoms with E-state index in [4.69, 9.17) is 23.2 Å². The number of amides is 1. The SMILES string of the molecule is Cc1ccccc1C(=O)Nc1c(Cl)cc(S(=O)(=O)NC(C)C2CCNCC2)cc1Cl. The number of aryl methyl sites for hydroxylation is 1. The van der Waals surface area contributed by atoms with Crippen LogP contribution in [0.25, 0.3) is 0 Å². The fraction of sp³-hybridized carbons (Fsp3) is 0.381. The van der Waals surface area contributed by atoms with Crippen LogP contribution in [0.5, 0.6) is 0 Å². The first kappa shape index (κ1) is 23.0. The molecule has 0 spiro atoms. The second kappa shape index (κ2) is 9.66. The number of nitrogens with one attached hydrogen (secondary N) is 3. The Morgan fingerprint density at radius 3 is 2.33 bits per heavy atom. The van der Waals surface area contributed by atoms with E-state index in [0.29, 0.717) is 5.56 Å². The summed E-state index contributed by atoms with van der Waals surface area (Å²) >= 11 is 12.6. The molecule has 162 valence electrons. The van der Waals surface area contributed by atoms with E-state index in [-0.39, 0.29) is 38.5 Å². The lowest BCUT2D eigenvalue weighted by molar-refractivity contribution is 0.102. The summed E-state index contributed by atoms with van der Waals surface area (Å²) in [5.41, 5.74) is 1.47. The van der Waals surface area contributed by atoms with Crippen LogP contribution in [0.2, 0.25) is 10.0 Å². The summed E-state index contributed by atoms with van der Waals surface area (Å²) in [5, 5.41) is 6.06. The first-order chi connectivity index (χ1) is 14.2. The molecular weight excluding hydrogens is 445 g/mol. The molecule has 0 radical (unpaired) electrons. The molecule has 1 heterocycles. The summed E-state index contributed by atoms with van der Waals surface area (Å²) in [6, 6.07) is 9.51. The average molecular weight is 470 g/mol. The number of rotatable bonds is 6. The summed E-state index contributed by atoms with van der Waals surface area (Å²) in [4.78, 5) is 12.5. The smallest absolute Gasteiger partial charge is 0.256 e. The Labute approximate surface area is 187 Å². The van der Waals surface area contributed by atoms with Crippen molar-refractivity contribution in [2.75, 3.05) is 18.4 Å². The van der Waals surface area contributed by atoms with Crippen LogP contribution in [0.1, 0.15) is 35.7 Å². The molecule has 0 saturated carbocycles. The third-order valence-electron chi connectivity index (χ3n) is 5.39. The lowest BCUT2D eigenvalue weighted by Crippen LogP contribution is -2.42. The van der Waals surface area contributed by atoms with Crippen molar-refractivity contribution in [3.05, 3.63) is 57.6 Å². The number of hydrogen-bond donors (Lipinski definition) is 3. The van der Waals surface area contributed by atoms with Gasteiger partial charge in [0.15, 0.2) is 0 Å². The number of benzene rings is 2. The molecule has 2 aromatic rings. The fourth-order valence-electron chi connectivity index (χ4n) is 3.59. The molecule has 9 heteroatoms. The van der Waals surface area contributed by atoms with E-state index in [2.05, 4.69) is 15.4 Å². The molecule has 2 aromatic carbocycles. The van der Waals surface area contributed by atoms with Crippen molar-refractivity contribution in [1.82, 2.24) is 10.0 Å². The molecule has 3 rings (SSSR count). The number of carbonyl (C=O) groups excluding carboxylic acids is 1. The zero-order valence-electron chi connectivity index (χ0n) is 16.8. The highest BCUT2D eigenvalue weighted by Gasteiger charge is 2.26. The van der Waals surface area contributed by atoms with Crippen LogP contribution in [0.4, 0.5) is 5.69 Å². The van der Waals surface area contributed by atoms with Crippen LogP contribution in [-0.4, -0.2) is 33.5 Å². The molecule has 1 aliphatic heterocycles. The van der Waals surface area contributed by atoms with Gasteiger partial charge in [-0.15, -0.1) is 0 Å². The van der Waals surface area contributed by atoms with E-state index in [0.717, 1.165) is 31.5 Å². The zero-order chi connectivity index (χ0) is 21.9. The Bertz CT molecular complexity index is 1010. The van der Waals surface area contributed by atoms with Crippen molar-refractivity contribution in [1.29, 1.82) is 0 Å². The molecule has 1 aliphatic rings. The number of sulfonamides is 1. The molecule has 6 nitrogen and oxygen atoms in total. The van der Waals surface area contributed by atoms with E-state index in [1.54, 1.807) is 12.1 Å². The highest BCUT2D eigenvalue weighted by atomic mass is 35.5. The monoisotopic (exact) mass is 469 g/mol. The Balaban J connectivity index is 1.79. The largest absolute Gasteiger partial charge is 0.319 e. The molecule has 3 N–H and O–H groups in total. The highest BCUT2D eigenvalue weighted by molar-refractivity contribution is 7.89.